The molecule has 0 aliphatic carbocycles. The Kier molecular flexibility index (Phi) is 4.75. The van der Waals surface area contributed by atoms with E-state index >= 15 is 0 Å². The number of carbonyl (C=O) groups excluding carboxylic acids is 1. The third kappa shape index (κ3) is 3.50. The summed E-state index contributed by atoms with van der Waals surface area (Å²) in [7, 11) is 0. The van der Waals surface area contributed by atoms with E-state index in [9.17, 15) is 4.79 Å². The topological polar surface area (TPSA) is 66.3 Å². The van der Waals surface area contributed by atoms with Crippen molar-refractivity contribution in [1.82, 2.24) is 24.4 Å². The third-order valence-corrected chi connectivity index (χ3v) is 5.43. The molecule has 1 unspecified atom stereocenters. The van der Waals surface area contributed by atoms with Gasteiger partial charge < -0.3 is 15.1 Å². The van der Waals surface area contributed by atoms with Crippen LogP contribution in [0.2, 0.25) is 0 Å². The van der Waals surface area contributed by atoms with Crippen molar-refractivity contribution in [3.8, 4) is 0 Å². The molecule has 0 bridgehead atoms. The molecule has 3 aromatic rings. The van der Waals surface area contributed by atoms with E-state index in [0.717, 1.165) is 18.9 Å². The minimum atomic E-state index is -0.00700. The van der Waals surface area contributed by atoms with Crippen LogP contribution < -0.4 is 10.2 Å². The molecule has 26 heavy (non-hydrogen) atoms. The van der Waals surface area contributed by atoms with Crippen molar-refractivity contribution in [1.29, 1.82) is 0 Å². The average Bonchev–Trinajstić information content (AvgIpc) is 3.31. The number of urea groups is 1. The first-order valence-corrected chi connectivity index (χ1v) is 9.60. The molecule has 1 fully saturated rings. The number of anilines is 1. The average molecular weight is 370 g/mol. The van der Waals surface area contributed by atoms with Gasteiger partial charge in [0.15, 0.2) is 0 Å². The third-order valence-electron chi connectivity index (χ3n) is 4.61. The molecule has 8 heteroatoms. The van der Waals surface area contributed by atoms with Gasteiger partial charge in [-0.2, -0.15) is 9.47 Å². The Morgan fingerprint density at radius 3 is 2.81 bits per heavy atom. The zero-order valence-electron chi connectivity index (χ0n) is 14.7. The van der Waals surface area contributed by atoms with Crippen molar-refractivity contribution in [2.45, 2.75) is 19.5 Å². The number of piperazine rings is 1. The molecule has 7 nitrogen and oxygen atoms in total. The highest BCUT2D eigenvalue weighted by Gasteiger charge is 2.24. The van der Waals surface area contributed by atoms with E-state index in [0.29, 0.717) is 19.6 Å². The summed E-state index contributed by atoms with van der Waals surface area (Å²) < 4.78 is 7.65. The zero-order valence-corrected chi connectivity index (χ0v) is 15.5. The van der Waals surface area contributed by atoms with Gasteiger partial charge >= 0.3 is 6.03 Å². The van der Waals surface area contributed by atoms with E-state index in [-0.39, 0.29) is 12.1 Å². The van der Waals surface area contributed by atoms with Crippen molar-refractivity contribution < 1.29 is 4.79 Å². The Bertz CT molecular complexity index is 869. The van der Waals surface area contributed by atoms with Crippen molar-refractivity contribution >= 4 is 33.5 Å². The van der Waals surface area contributed by atoms with Crippen LogP contribution >= 0.6 is 11.5 Å². The summed E-state index contributed by atoms with van der Waals surface area (Å²) in [6.07, 6.45) is 3.65. The van der Waals surface area contributed by atoms with Gasteiger partial charge in [0.1, 0.15) is 5.82 Å². The monoisotopic (exact) mass is 370 g/mol. The number of amides is 2. The van der Waals surface area contributed by atoms with Crippen molar-refractivity contribution in [2.75, 3.05) is 31.1 Å². The van der Waals surface area contributed by atoms with Gasteiger partial charge in [-0.1, -0.05) is 12.1 Å². The second-order valence-corrected chi connectivity index (χ2v) is 7.36. The molecule has 1 aromatic carbocycles. The van der Waals surface area contributed by atoms with Crippen LogP contribution in [0.5, 0.6) is 0 Å². The first-order chi connectivity index (χ1) is 12.7. The Morgan fingerprint density at radius 1 is 1.23 bits per heavy atom. The van der Waals surface area contributed by atoms with Gasteiger partial charge in [-0.3, -0.25) is 4.68 Å². The molecule has 1 N–H and O–H groups in total. The van der Waals surface area contributed by atoms with Crippen LogP contribution in [-0.4, -0.2) is 57.3 Å². The van der Waals surface area contributed by atoms with Crippen LogP contribution in [0.3, 0.4) is 0 Å². The Labute approximate surface area is 156 Å². The predicted molar refractivity (Wildman–Crippen MR) is 104 cm³/mol. The largest absolute Gasteiger partial charge is 0.352 e. The van der Waals surface area contributed by atoms with Crippen LogP contribution in [0.15, 0.2) is 42.7 Å². The second-order valence-electron chi connectivity index (χ2n) is 6.56. The molecular weight excluding hydrogens is 348 g/mol. The molecule has 1 atom stereocenters. The number of hydrogen-bond donors (Lipinski definition) is 1. The smallest absolute Gasteiger partial charge is 0.317 e. The Balaban J connectivity index is 1.32. The molecular formula is C18H22N6OS. The minimum absolute atomic E-state index is 0.00700. The molecule has 0 saturated carbocycles. The van der Waals surface area contributed by atoms with Gasteiger partial charge in [0.05, 0.1) is 11.2 Å². The number of nitrogens with one attached hydrogen (secondary N) is 1. The highest BCUT2D eigenvalue weighted by molar-refractivity contribution is 7.13. The molecule has 4 rings (SSSR count). The molecule has 1 aliphatic heterocycles. The van der Waals surface area contributed by atoms with Crippen LogP contribution in [0.1, 0.15) is 6.92 Å². The summed E-state index contributed by atoms with van der Waals surface area (Å²) >= 11 is 1.53. The van der Waals surface area contributed by atoms with Crippen LogP contribution in [-0.2, 0) is 6.54 Å². The molecule has 3 heterocycles. The van der Waals surface area contributed by atoms with E-state index in [1.165, 1.54) is 21.6 Å². The zero-order chi connectivity index (χ0) is 17.9. The van der Waals surface area contributed by atoms with Crippen LogP contribution in [0.4, 0.5) is 10.6 Å². The lowest BCUT2D eigenvalue weighted by Gasteiger charge is -2.35. The number of benzene rings is 1. The van der Waals surface area contributed by atoms with Crippen LogP contribution in [0.25, 0.3) is 10.1 Å². The lowest BCUT2D eigenvalue weighted by Crippen LogP contribution is -2.53. The summed E-state index contributed by atoms with van der Waals surface area (Å²) in [6.45, 7) is 5.67. The molecule has 2 amide bonds. The molecule has 0 radical (unpaired) electrons. The number of fused-ring (bicyclic) bond motifs is 1. The van der Waals surface area contributed by atoms with Gasteiger partial charge in [0.2, 0.25) is 0 Å². The molecule has 0 spiro atoms. The van der Waals surface area contributed by atoms with Gasteiger partial charge in [0, 0.05) is 50.0 Å². The molecule has 2 aromatic heterocycles. The predicted octanol–water partition coefficient (Wildman–Crippen LogP) is 2.41. The van der Waals surface area contributed by atoms with E-state index in [4.69, 9.17) is 0 Å². The Hall–Kier alpha value is -2.61. The van der Waals surface area contributed by atoms with E-state index < -0.39 is 0 Å². The summed E-state index contributed by atoms with van der Waals surface area (Å²) in [6, 6.07) is 10.2. The lowest BCUT2D eigenvalue weighted by atomic mass is 10.2. The minimum Gasteiger partial charge on any atom is -0.352 e. The number of hydrogen-bond acceptors (Lipinski definition) is 5. The maximum absolute atomic E-state index is 12.5. The summed E-state index contributed by atoms with van der Waals surface area (Å²) in [5, 5.41) is 8.44. The van der Waals surface area contributed by atoms with Crippen molar-refractivity contribution in [2.24, 2.45) is 0 Å². The van der Waals surface area contributed by atoms with Gasteiger partial charge in [-0.05, 0) is 36.7 Å². The fraction of sp³-hybridized carbons (Fsp3) is 0.389. The first kappa shape index (κ1) is 16.8. The molecule has 1 saturated heterocycles. The maximum atomic E-state index is 12.5. The lowest BCUT2D eigenvalue weighted by molar-refractivity contribution is 0.189. The summed E-state index contributed by atoms with van der Waals surface area (Å²) in [5.74, 6) is 1.04. The summed E-state index contributed by atoms with van der Waals surface area (Å²) in [4.78, 5) is 16.6. The van der Waals surface area contributed by atoms with E-state index in [1.807, 2.05) is 40.9 Å². The highest BCUT2D eigenvalue weighted by Crippen LogP contribution is 2.29. The maximum Gasteiger partial charge on any atom is 0.317 e. The van der Waals surface area contributed by atoms with Gasteiger partial charge in [-0.15, -0.1) is 0 Å². The first-order valence-electron chi connectivity index (χ1n) is 8.83. The van der Waals surface area contributed by atoms with E-state index in [2.05, 4.69) is 31.8 Å². The normalized spacial score (nSPS) is 16.0. The van der Waals surface area contributed by atoms with Crippen LogP contribution in [0, 0.1) is 0 Å². The van der Waals surface area contributed by atoms with Crippen molar-refractivity contribution in [3.05, 3.63) is 42.7 Å². The number of nitrogens with zero attached hydrogens (tertiary/aromatic N) is 5. The quantitative estimate of drug-likeness (QED) is 0.766. The molecule has 1 aliphatic rings. The molecule has 136 valence electrons. The number of rotatable bonds is 4. The van der Waals surface area contributed by atoms with Gasteiger partial charge in [0.25, 0.3) is 0 Å². The number of aromatic nitrogens is 3. The number of carbonyl (C=O) groups is 1. The Morgan fingerprint density at radius 2 is 2.04 bits per heavy atom. The highest BCUT2D eigenvalue weighted by atomic mass is 32.1. The SMILES string of the molecule is CC(Cn1cccn1)NC(=O)N1CCN(c2nsc3ccccc23)CC1. The second kappa shape index (κ2) is 7.33. The summed E-state index contributed by atoms with van der Waals surface area (Å²) in [5.41, 5.74) is 0. The fourth-order valence-corrected chi connectivity index (χ4v) is 4.05. The fourth-order valence-electron chi connectivity index (χ4n) is 3.26. The van der Waals surface area contributed by atoms with E-state index in [1.54, 1.807) is 6.20 Å². The standard InChI is InChI=1S/C18H22N6OS/c1-14(13-24-8-4-7-19-24)20-18(25)23-11-9-22(10-12-23)17-15-5-2-3-6-16(15)26-21-17/h2-8,14H,9-13H2,1H3,(H,20,25). The van der Waals surface area contributed by atoms with Crippen molar-refractivity contribution in [3.63, 3.8) is 0 Å². The van der Waals surface area contributed by atoms with Gasteiger partial charge in [-0.25, -0.2) is 4.79 Å².